The fourth-order valence-corrected chi connectivity index (χ4v) is 5.48. The van der Waals surface area contributed by atoms with Crippen molar-refractivity contribution in [3.63, 3.8) is 0 Å². The summed E-state index contributed by atoms with van der Waals surface area (Å²) in [6, 6.07) is 3.35. The van der Waals surface area contributed by atoms with Crippen molar-refractivity contribution < 1.29 is 27.5 Å². The average Bonchev–Trinajstić information content (AvgIpc) is 3.57. The highest BCUT2D eigenvalue weighted by atomic mass is 19.3. The third-order valence-corrected chi connectivity index (χ3v) is 8.30. The molecular weight excluding hydrogens is 586 g/mol. The Balaban J connectivity index is 1.15. The van der Waals surface area contributed by atoms with E-state index in [0.29, 0.717) is 69.3 Å². The van der Waals surface area contributed by atoms with E-state index < -0.39 is 18.0 Å². The molecule has 4 N–H and O–H groups in total. The number of ether oxygens (including phenoxy) is 1. The van der Waals surface area contributed by atoms with Crippen LogP contribution < -0.4 is 16.4 Å². The summed E-state index contributed by atoms with van der Waals surface area (Å²) in [6.07, 6.45) is 7.83. The maximum Gasteiger partial charge on any atom is 0.284 e. The first kappa shape index (κ1) is 32.5. The van der Waals surface area contributed by atoms with Crippen molar-refractivity contribution in [2.75, 3.05) is 50.5 Å². The number of carbonyl (C=O) groups excluding carboxylic acids is 2. The van der Waals surface area contributed by atoms with Crippen LogP contribution in [0.4, 0.5) is 20.3 Å². The number of nitrogens with two attached hydrogens (primary N) is 1. The summed E-state index contributed by atoms with van der Waals surface area (Å²) >= 11 is 0. The van der Waals surface area contributed by atoms with Crippen molar-refractivity contribution in [2.24, 2.45) is 17.6 Å². The van der Waals surface area contributed by atoms with Gasteiger partial charge >= 0.3 is 0 Å². The Hall–Kier alpha value is -3.91. The van der Waals surface area contributed by atoms with Crippen LogP contribution in [0.25, 0.3) is 11.5 Å². The zero-order valence-corrected chi connectivity index (χ0v) is 25.6. The van der Waals surface area contributed by atoms with Gasteiger partial charge < -0.3 is 30.4 Å². The van der Waals surface area contributed by atoms with Crippen molar-refractivity contribution in [1.29, 1.82) is 0 Å². The van der Waals surface area contributed by atoms with Gasteiger partial charge in [0.15, 0.2) is 11.4 Å². The van der Waals surface area contributed by atoms with E-state index in [1.54, 1.807) is 30.3 Å². The number of rotatable bonds is 16. The van der Waals surface area contributed by atoms with Gasteiger partial charge in [-0.2, -0.15) is 5.10 Å². The van der Waals surface area contributed by atoms with Crippen molar-refractivity contribution in [2.45, 2.75) is 63.8 Å². The van der Waals surface area contributed by atoms with Gasteiger partial charge in [-0.05, 0) is 76.0 Å². The Bertz CT molecular complexity index is 1420. The standard InChI is InChI=1S/C31H42F2N8O4/c1-40(13-3-15-44-14-2-11-34)31(43)21-6-8-23(9-7-21)41-18-24(27(39-41)28(32)33)37-29(42)25-19-45-30(38-25)22-10-12-35-26(16-22)36-17-20-4-5-20/h10,12,16,18-21,23,28H,2-9,11,13-15,17,34H2,1H3,(H,35,36)(H,37,42)/t21-,23-. The van der Waals surface area contributed by atoms with Crippen LogP contribution in [0, 0.1) is 11.8 Å². The predicted molar refractivity (Wildman–Crippen MR) is 164 cm³/mol. The van der Waals surface area contributed by atoms with Gasteiger partial charge in [-0.3, -0.25) is 14.3 Å². The molecule has 0 spiro atoms. The first-order valence-electron chi connectivity index (χ1n) is 15.7. The minimum Gasteiger partial charge on any atom is -0.444 e. The lowest BCUT2D eigenvalue weighted by molar-refractivity contribution is -0.135. The number of nitrogens with zero attached hydrogens (tertiary/aromatic N) is 5. The second kappa shape index (κ2) is 15.4. The predicted octanol–water partition coefficient (Wildman–Crippen LogP) is 4.89. The van der Waals surface area contributed by atoms with E-state index >= 15 is 0 Å². The van der Waals surface area contributed by atoms with Crippen LogP contribution in [0.15, 0.2) is 35.2 Å². The number of pyridine rings is 1. The van der Waals surface area contributed by atoms with Crippen molar-refractivity contribution >= 4 is 23.3 Å². The zero-order chi connectivity index (χ0) is 31.8. The summed E-state index contributed by atoms with van der Waals surface area (Å²) in [6.45, 7) is 3.25. The topological polar surface area (TPSA) is 153 Å². The maximum atomic E-state index is 13.9. The molecule has 14 heteroatoms. The normalized spacial score (nSPS) is 18.2. The zero-order valence-electron chi connectivity index (χ0n) is 25.6. The van der Waals surface area contributed by atoms with Gasteiger partial charge in [0.05, 0.1) is 11.7 Å². The third kappa shape index (κ3) is 8.85. The molecule has 0 bridgehead atoms. The summed E-state index contributed by atoms with van der Waals surface area (Å²) < 4.78 is 40.4. The molecule has 5 rings (SSSR count). The van der Waals surface area contributed by atoms with E-state index in [9.17, 15) is 18.4 Å². The van der Waals surface area contributed by atoms with Crippen molar-refractivity contribution in [1.82, 2.24) is 24.6 Å². The number of oxazole rings is 1. The van der Waals surface area contributed by atoms with Gasteiger partial charge in [0.1, 0.15) is 12.1 Å². The highest BCUT2D eigenvalue weighted by molar-refractivity contribution is 6.03. The Labute approximate surface area is 261 Å². The minimum atomic E-state index is -2.89. The molecule has 2 aliphatic carbocycles. The third-order valence-electron chi connectivity index (χ3n) is 8.30. The van der Waals surface area contributed by atoms with Gasteiger partial charge in [-0.15, -0.1) is 0 Å². The number of nitrogens with one attached hydrogen (secondary N) is 2. The van der Waals surface area contributed by atoms with Crippen molar-refractivity contribution in [3.05, 3.63) is 42.2 Å². The molecule has 2 fully saturated rings. The molecule has 3 aromatic rings. The van der Waals surface area contributed by atoms with Crippen LogP contribution in [0.5, 0.6) is 0 Å². The van der Waals surface area contributed by atoms with E-state index in [1.807, 2.05) is 0 Å². The number of alkyl halides is 2. The molecule has 244 valence electrons. The van der Waals surface area contributed by atoms with Crippen LogP contribution >= 0.6 is 0 Å². The molecule has 3 aromatic heterocycles. The van der Waals surface area contributed by atoms with Crippen LogP contribution in [-0.2, 0) is 9.53 Å². The second-order valence-corrected chi connectivity index (χ2v) is 11.8. The van der Waals surface area contributed by atoms with Gasteiger partial charge in [-0.1, -0.05) is 0 Å². The number of hydrogen-bond acceptors (Lipinski definition) is 9. The molecule has 12 nitrogen and oxygen atoms in total. The van der Waals surface area contributed by atoms with E-state index in [4.69, 9.17) is 14.9 Å². The molecule has 0 unspecified atom stereocenters. The Morgan fingerprint density at radius 2 is 1.96 bits per heavy atom. The van der Waals surface area contributed by atoms with Gasteiger partial charge in [-0.25, -0.2) is 18.7 Å². The van der Waals surface area contributed by atoms with Crippen LogP contribution in [0.1, 0.15) is 80.0 Å². The largest absolute Gasteiger partial charge is 0.444 e. The van der Waals surface area contributed by atoms with Gasteiger partial charge in [0.25, 0.3) is 12.3 Å². The van der Waals surface area contributed by atoms with E-state index in [2.05, 4.69) is 25.7 Å². The van der Waals surface area contributed by atoms with Crippen LogP contribution in [0.2, 0.25) is 0 Å². The molecule has 45 heavy (non-hydrogen) atoms. The molecule has 0 atom stereocenters. The first-order valence-corrected chi connectivity index (χ1v) is 15.7. The summed E-state index contributed by atoms with van der Waals surface area (Å²) in [7, 11) is 1.80. The number of carbonyl (C=O) groups is 2. The number of amides is 2. The molecule has 0 aromatic carbocycles. The molecule has 0 aliphatic heterocycles. The lowest BCUT2D eigenvalue weighted by Crippen LogP contribution is -2.36. The number of halogens is 2. The number of anilines is 2. The van der Waals surface area contributed by atoms with E-state index in [1.165, 1.54) is 30.0 Å². The quantitative estimate of drug-likeness (QED) is 0.188. The monoisotopic (exact) mass is 628 g/mol. The maximum absolute atomic E-state index is 13.9. The average molecular weight is 629 g/mol. The van der Waals surface area contributed by atoms with E-state index in [-0.39, 0.29) is 35.1 Å². The summed E-state index contributed by atoms with van der Waals surface area (Å²) in [4.78, 5) is 36.3. The minimum absolute atomic E-state index is 0.0486. The summed E-state index contributed by atoms with van der Waals surface area (Å²) in [5, 5.41) is 9.95. The fourth-order valence-electron chi connectivity index (χ4n) is 5.48. The fraction of sp³-hybridized carbons (Fsp3) is 0.581. The molecule has 3 heterocycles. The molecule has 0 saturated heterocycles. The van der Waals surface area contributed by atoms with Crippen molar-refractivity contribution in [3.8, 4) is 11.5 Å². The molecule has 2 aliphatic rings. The Morgan fingerprint density at radius 1 is 1.18 bits per heavy atom. The van der Waals surface area contributed by atoms with Gasteiger partial charge in [0.2, 0.25) is 11.8 Å². The molecule has 0 radical (unpaired) electrons. The van der Waals surface area contributed by atoms with Crippen LogP contribution in [0.3, 0.4) is 0 Å². The molecule has 2 saturated carbocycles. The highest BCUT2D eigenvalue weighted by Crippen LogP contribution is 2.36. The first-order chi connectivity index (χ1) is 21.8. The van der Waals surface area contributed by atoms with Gasteiger partial charge in [0, 0.05) is 57.2 Å². The Kier molecular flexibility index (Phi) is 11.1. The number of aromatic nitrogens is 4. The SMILES string of the molecule is CN(CCCOCCCN)C(=O)[C@H]1CC[C@H](n2cc(NC(=O)c3coc(-c4ccnc(NCC5CC5)c4)n3)c(C(F)F)n2)CC1. The lowest BCUT2D eigenvalue weighted by Gasteiger charge is -2.30. The van der Waals surface area contributed by atoms with E-state index in [0.717, 1.165) is 19.4 Å². The summed E-state index contributed by atoms with van der Waals surface area (Å²) in [5.74, 6) is 0.850. The second-order valence-electron chi connectivity index (χ2n) is 11.8. The Morgan fingerprint density at radius 3 is 2.69 bits per heavy atom. The molecular formula is C31H42F2N8O4. The highest BCUT2D eigenvalue weighted by Gasteiger charge is 2.31. The smallest absolute Gasteiger partial charge is 0.284 e. The van der Waals surface area contributed by atoms with Crippen LogP contribution in [-0.4, -0.2) is 76.4 Å². The molecule has 2 amide bonds. The summed E-state index contributed by atoms with van der Waals surface area (Å²) in [5.41, 5.74) is 5.45. The lowest BCUT2D eigenvalue weighted by atomic mass is 9.85. The number of hydrogen-bond donors (Lipinski definition) is 3.